The second-order valence-corrected chi connectivity index (χ2v) is 18.5. The molecule has 11 heteroatoms. The lowest BCUT2D eigenvalue weighted by molar-refractivity contribution is 0.103. The van der Waals surface area contributed by atoms with Gasteiger partial charge in [-0.05, 0) is 117 Å². The highest BCUT2D eigenvalue weighted by molar-refractivity contribution is 5.57. The minimum Gasteiger partial charge on any atom is -0.504 e. The van der Waals surface area contributed by atoms with Gasteiger partial charge >= 0.3 is 0 Å². The van der Waals surface area contributed by atoms with Crippen LogP contribution in [0.4, 0.5) is 0 Å². The average Bonchev–Trinajstić information content (AvgIpc) is 4.00. The highest BCUT2D eigenvalue weighted by atomic mass is 16.5. The molecule has 9 atom stereocenters. The van der Waals surface area contributed by atoms with Gasteiger partial charge in [-0.3, -0.25) is 0 Å². The first-order valence-corrected chi connectivity index (χ1v) is 23.4. The number of aliphatic hydroxyl groups is 4. The van der Waals surface area contributed by atoms with Gasteiger partial charge in [0.2, 0.25) is 0 Å². The van der Waals surface area contributed by atoms with Crippen LogP contribution in [0.3, 0.4) is 0 Å². The second kappa shape index (κ2) is 22.1. The lowest BCUT2D eigenvalue weighted by Crippen LogP contribution is -2.47. The molecular weight excluding hydrogens is 781 g/mol. The van der Waals surface area contributed by atoms with E-state index in [2.05, 4.69) is 33.8 Å². The van der Waals surface area contributed by atoms with Gasteiger partial charge in [-0.2, -0.15) is 0 Å². The first-order chi connectivity index (χ1) is 30.1. The molecule has 2 aromatic carbocycles. The summed E-state index contributed by atoms with van der Waals surface area (Å²) in [5.74, 6) is 3.53. The van der Waals surface area contributed by atoms with Gasteiger partial charge in [-0.15, -0.1) is 0 Å². The molecule has 10 N–H and O–H groups in total. The van der Waals surface area contributed by atoms with Crippen LogP contribution < -0.4 is 21.1 Å². The van der Waals surface area contributed by atoms with Crippen molar-refractivity contribution in [1.29, 1.82) is 0 Å². The maximum atomic E-state index is 11.4. The summed E-state index contributed by atoms with van der Waals surface area (Å²) >= 11 is 0. The molecule has 0 aliphatic heterocycles. The summed E-state index contributed by atoms with van der Waals surface area (Å²) in [5.41, 5.74) is 13.5. The molecule has 0 amide bonds. The standard InChI is InChI=1S/C51H72N4O7/c1-32(57)28-54-45(29-53-2)50-40-14-9-11-34(40)20-22-43-42(50)27-44(55-43)47(59)31-61-49-24-33(17-23-46(49)58)16-21-39-26-37(30-56)48(62-39)15-6-4-3-5-12-38(52)25-36-19-18-35-10-7-8-13-41(35)51(36)60/h7-8,10,13,17-19,23-24,26-27,32,34,36,38,40,45,47,50-51,53-60H,3-6,9,11-12,14-16,20-22,25,28-31,52H2,1-2H3/t32-,34+,36+,38-,40-,45-,47-,50+,51-/m0/s1. The number of aryl methyl sites for hydroxylation is 4. The van der Waals surface area contributed by atoms with Crippen molar-refractivity contribution in [3.8, 4) is 11.5 Å². The fourth-order valence-electron chi connectivity index (χ4n) is 10.6. The quantitative estimate of drug-likeness (QED) is 0.0343. The van der Waals surface area contributed by atoms with Crippen molar-refractivity contribution in [2.24, 2.45) is 23.5 Å². The van der Waals surface area contributed by atoms with Crippen molar-refractivity contribution in [2.45, 2.75) is 140 Å². The number of aromatic amines is 1. The van der Waals surface area contributed by atoms with Crippen LogP contribution in [0.1, 0.15) is 140 Å². The van der Waals surface area contributed by atoms with Crippen molar-refractivity contribution >= 4 is 6.08 Å². The molecule has 0 bridgehead atoms. The van der Waals surface area contributed by atoms with Gasteiger partial charge in [-0.1, -0.05) is 74.6 Å². The Bertz CT molecular complexity index is 2040. The van der Waals surface area contributed by atoms with Crippen molar-refractivity contribution in [2.75, 3.05) is 26.7 Å². The molecule has 2 heterocycles. The molecule has 1 saturated carbocycles. The lowest BCUT2D eigenvalue weighted by Gasteiger charge is -2.35. The van der Waals surface area contributed by atoms with E-state index in [0.717, 1.165) is 104 Å². The molecule has 0 radical (unpaired) electrons. The third kappa shape index (κ3) is 11.6. The van der Waals surface area contributed by atoms with Crippen LogP contribution in [0, 0.1) is 17.8 Å². The van der Waals surface area contributed by atoms with Crippen molar-refractivity contribution < 1.29 is 34.7 Å². The summed E-state index contributed by atoms with van der Waals surface area (Å²) in [6, 6.07) is 17.6. The number of hydrogen-bond acceptors (Lipinski definition) is 10. The van der Waals surface area contributed by atoms with E-state index in [-0.39, 0.29) is 42.9 Å². The Morgan fingerprint density at radius 2 is 1.79 bits per heavy atom. The molecule has 4 aromatic rings. The zero-order chi connectivity index (χ0) is 43.6. The molecular formula is C51H72N4O7. The normalized spacial score (nSPS) is 22.7. The number of rotatable bonds is 23. The topological polar surface area (TPSA) is 189 Å². The lowest BCUT2D eigenvalue weighted by atomic mass is 9.76. The average molecular weight is 853 g/mol. The maximum absolute atomic E-state index is 11.4. The summed E-state index contributed by atoms with van der Waals surface area (Å²) < 4.78 is 12.3. The summed E-state index contributed by atoms with van der Waals surface area (Å²) in [6.07, 6.45) is 16.0. The number of hydrogen-bond donors (Lipinski definition) is 9. The largest absolute Gasteiger partial charge is 0.504 e. The molecule has 0 unspecified atom stereocenters. The van der Waals surface area contributed by atoms with Gasteiger partial charge < -0.3 is 56.0 Å². The number of likely N-dealkylation sites (N-methyl/N-ethyl adjacent to an activating group) is 1. The summed E-state index contributed by atoms with van der Waals surface area (Å²) in [5, 5.41) is 60.3. The number of fused-ring (bicyclic) bond motifs is 3. The van der Waals surface area contributed by atoms with Crippen LogP contribution in [-0.2, 0) is 32.3 Å². The number of nitrogens with one attached hydrogen (secondary N) is 3. The zero-order valence-electron chi connectivity index (χ0n) is 36.9. The molecule has 11 nitrogen and oxygen atoms in total. The van der Waals surface area contributed by atoms with Gasteiger partial charge in [0.1, 0.15) is 24.2 Å². The Balaban J connectivity index is 0.873. The molecule has 62 heavy (non-hydrogen) atoms. The predicted octanol–water partition coefficient (Wildman–Crippen LogP) is 7.29. The smallest absolute Gasteiger partial charge is 0.161 e. The monoisotopic (exact) mass is 853 g/mol. The Kier molecular flexibility index (Phi) is 16.4. The summed E-state index contributed by atoms with van der Waals surface area (Å²) in [4.78, 5) is 3.58. The molecule has 1 fully saturated rings. The second-order valence-electron chi connectivity index (χ2n) is 18.5. The van der Waals surface area contributed by atoms with E-state index in [1.54, 1.807) is 6.07 Å². The van der Waals surface area contributed by atoms with Gasteiger partial charge in [0.25, 0.3) is 0 Å². The SMILES string of the molecule is CNC[C@H](NC[C@H](C)O)[C@H]1c2cc([C@@H](O)COc3cc(CCc4cc(CO)c(CCCCCC[C@H](N)C[C@H]5C=Cc6ccccc6[C@H]5O)o4)ccc3O)[nH]c2CC[C@H]2CCC[C@@H]21. The van der Waals surface area contributed by atoms with Crippen LogP contribution >= 0.6 is 0 Å². The number of furan rings is 1. The first kappa shape index (κ1) is 46.1. The number of nitrogens with two attached hydrogens (primary N) is 1. The molecule has 7 rings (SSSR count). The van der Waals surface area contributed by atoms with E-state index in [1.807, 2.05) is 56.4 Å². The van der Waals surface area contributed by atoms with Crippen molar-refractivity contribution in [1.82, 2.24) is 15.6 Å². The number of phenols is 1. The van der Waals surface area contributed by atoms with Crippen molar-refractivity contribution in [3.05, 3.63) is 111 Å². The van der Waals surface area contributed by atoms with E-state index in [9.17, 15) is 25.5 Å². The number of aliphatic hydroxyl groups excluding tert-OH is 4. The number of ether oxygens (including phenoxy) is 1. The first-order valence-electron chi connectivity index (χ1n) is 23.4. The number of aromatic hydroxyl groups is 1. The summed E-state index contributed by atoms with van der Waals surface area (Å²) in [6.45, 7) is 3.04. The number of unbranched alkanes of at least 4 members (excludes halogenated alkanes) is 3. The predicted molar refractivity (Wildman–Crippen MR) is 244 cm³/mol. The van der Waals surface area contributed by atoms with Gasteiger partial charge in [0.05, 0.1) is 18.8 Å². The number of H-pyrrole nitrogens is 1. The van der Waals surface area contributed by atoms with Gasteiger partial charge in [0.15, 0.2) is 11.5 Å². The fraction of sp³-hybridized carbons (Fsp3) is 0.569. The molecule has 3 aliphatic rings. The van der Waals surface area contributed by atoms with Gasteiger partial charge in [-0.25, -0.2) is 0 Å². The van der Waals surface area contributed by atoms with Crippen LogP contribution in [0.25, 0.3) is 6.08 Å². The Morgan fingerprint density at radius 1 is 0.952 bits per heavy atom. The third-order valence-electron chi connectivity index (χ3n) is 13.9. The maximum Gasteiger partial charge on any atom is 0.161 e. The van der Waals surface area contributed by atoms with E-state index in [4.69, 9.17) is 14.9 Å². The van der Waals surface area contributed by atoms with E-state index >= 15 is 0 Å². The molecule has 3 aliphatic carbocycles. The Hall–Kier alpha value is -3.94. The van der Waals surface area contributed by atoms with Crippen molar-refractivity contribution in [3.63, 3.8) is 0 Å². The van der Waals surface area contributed by atoms with Gasteiger partial charge in [0, 0.05) is 66.8 Å². The van der Waals surface area contributed by atoms with Crippen LogP contribution in [0.5, 0.6) is 11.5 Å². The van der Waals surface area contributed by atoms with Crippen LogP contribution in [0.15, 0.2) is 65.1 Å². The minimum absolute atomic E-state index is 0.0147. The molecule has 0 spiro atoms. The van der Waals surface area contributed by atoms with E-state index in [1.165, 1.54) is 30.5 Å². The minimum atomic E-state index is -0.910. The molecule has 338 valence electrons. The zero-order valence-corrected chi connectivity index (χ0v) is 36.9. The summed E-state index contributed by atoms with van der Waals surface area (Å²) in [7, 11) is 1.97. The third-order valence-corrected chi connectivity index (χ3v) is 13.9. The Morgan fingerprint density at radius 3 is 2.61 bits per heavy atom. The highest BCUT2D eigenvalue weighted by Crippen LogP contribution is 2.49. The number of aromatic nitrogens is 1. The molecule has 0 saturated heterocycles. The van der Waals surface area contributed by atoms with Crippen LogP contribution in [0.2, 0.25) is 0 Å². The Labute approximate surface area is 368 Å². The van der Waals surface area contributed by atoms with Crippen LogP contribution in [-0.4, -0.2) is 75.4 Å². The highest BCUT2D eigenvalue weighted by Gasteiger charge is 2.42. The molecule has 2 aromatic heterocycles. The van der Waals surface area contributed by atoms with E-state index in [0.29, 0.717) is 37.0 Å². The number of phenolic OH excluding ortho intramolecular Hbond substituents is 1. The van der Waals surface area contributed by atoms with E-state index < -0.39 is 18.3 Å². The fourth-order valence-corrected chi connectivity index (χ4v) is 10.6. The number of benzene rings is 2.